The lowest BCUT2D eigenvalue weighted by molar-refractivity contribution is 0.0723. The quantitative estimate of drug-likeness (QED) is 0.663. The van der Waals surface area contributed by atoms with Gasteiger partial charge in [0.05, 0.1) is 6.10 Å². The first-order valence-electron chi connectivity index (χ1n) is 5.15. The van der Waals surface area contributed by atoms with E-state index in [1.54, 1.807) is 14.2 Å². The van der Waals surface area contributed by atoms with Gasteiger partial charge in [0.1, 0.15) is 0 Å². The van der Waals surface area contributed by atoms with Crippen LogP contribution >= 0.6 is 0 Å². The molecule has 0 saturated heterocycles. The third kappa shape index (κ3) is 11.9. The van der Waals surface area contributed by atoms with Gasteiger partial charge in [0.25, 0.3) is 0 Å². The Morgan fingerprint density at radius 3 is 1.69 bits per heavy atom. The van der Waals surface area contributed by atoms with Crippen molar-refractivity contribution in [3.63, 3.8) is 0 Å². The van der Waals surface area contributed by atoms with Crippen molar-refractivity contribution in [3.8, 4) is 0 Å². The zero-order chi connectivity index (χ0) is 10.7. The van der Waals surface area contributed by atoms with E-state index >= 15 is 0 Å². The van der Waals surface area contributed by atoms with Crippen molar-refractivity contribution in [3.05, 3.63) is 0 Å². The van der Waals surface area contributed by atoms with Crippen molar-refractivity contribution >= 4 is 0 Å². The average molecular weight is 190 g/mol. The van der Waals surface area contributed by atoms with Crippen molar-refractivity contribution in [1.29, 1.82) is 0 Å². The number of methoxy groups -OCH3 is 2. The van der Waals surface area contributed by atoms with Crippen LogP contribution in [0.5, 0.6) is 0 Å². The molecule has 2 unspecified atom stereocenters. The van der Waals surface area contributed by atoms with Crippen molar-refractivity contribution in [1.82, 2.24) is 0 Å². The summed E-state index contributed by atoms with van der Waals surface area (Å²) in [6.07, 6.45) is 2.74. The Morgan fingerprint density at radius 1 is 1.08 bits per heavy atom. The van der Waals surface area contributed by atoms with Gasteiger partial charge in [-0.3, -0.25) is 0 Å². The van der Waals surface area contributed by atoms with Crippen LogP contribution in [0.2, 0.25) is 0 Å². The minimum atomic E-state index is 0.417. The van der Waals surface area contributed by atoms with Crippen LogP contribution < -0.4 is 0 Å². The van der Waals surface area contributed by atoms with Gasteiger partial charge in [-0.25, -0.2) is 0 Å². The Hall–Kier alpha value is -0.0800. The van der Waals surface area contributed by atoms with E-state index in [4.69, 9.17) is 9.47 Å². The first-order chi connectivity index (χ1) is 6.13. The van der Waals surface area contributed by atoms with Crippen LogP contribution in [0.4, 0.5) is 0 Å². The van der Waals surface area contributed by atoms with E-state index < -0.39 is 0 Å². The second-order valence-electron chi connectivity index (χ2n) is 3.32. The summed E-state index contributed by atoms with van der Waals surface area (Å²) < 4.78 is 9.79. The molecule has 0 heterocycles. The Morgan fingerprint density at radius 2 is 1.62 bits per heavy atom. The summed E-state index contributed by atoms with van der Waals surface area (Å²) in [5, 5.41) is 0. The van der Waals surface area contributed by atoms with E-state index in [1.807, 2.05) is 0 Å². The minimum absolute atomic E-state index is 0.417. The Bertz CT molecular complexity index is 74.2. The van der Waals surface area contributed by atoms with E-state index in [9.17, 15) is 0 Å². The summed E-state index contributed by atoms with van der Waals surface area (Å²) >= 11 is 0. The van der Waals surface area contributed by atoms with Crippen molar-refractivity contribution in [2.24, 2.45) is 5.92 Å². The molecule has 2 nitrogen and oxygen atoms in total. The van der Waals surface area contributed by atoms with Gasteiger partial charge in [0.15, 0.2) is 0 Å². The predicted molar refractivity (Wildman–Crippen MR) is 58.1 cm³/mol. The normalized spacial score (nSPS) is 14.3. The fourth-order valence-corrected chi connectivity index (χ4v) is 0.768. The molecule has 0 aliphatic carbocycles. The van der Waals surface area contributed by atoms with Crippen LogP contribution in [0, 0.1) is 5.92 Å². The van der Waals surface area contributed by atoms with E-state index in [2.05, 4.69) is 27.7 Å². The van der Waals surface area contributed by atoms with E-state index in [0.717, 1.165) is 13.0 Å². The van der Waals surface area contributed by atoms with Crippen LogP contribution in [0.3, 0.4) is 0 Å². The molecular formula is C11H26O2. The summed E-state index contributed by atoms with van der Waals surface area (Å²) in [4.78, 5) is 0. The van der Waals surface area contributed by atoms with Gasteiger partial charge < -0.3 is 9.47 Å². The van der Waals surface area contributed by atoms with Gasteiger partial charge >= 0.3 is 0 Å². The van der Waals surface area contributed by atoms with Gasteiger partial charge in [-0.2, -0.15) is 0 Å². The van der Waals surface area contributed by atoms with Crippen LogP contribution in [0.1, 0.15) is 40.5 Å². The highest BCUT2D eigenvalue weighted by Gasteiger charge is 2.06. The molecule has 0 aliphatic heterocycles. The standard InChI is InChI=1S/C7H16O.C4H10O/c1-5-6(2)7(3)8-4;1-3-4-5-2/h6-7H,5H2,1-4H3;3-4H2,1-2H3. The molecule has 0 aromatic rings. The van der Waals surface area contributed by atoms with Crippen molar-refractivity contribution in [2.45, 2.75) is 46.6 Å². The van der Waals surface area contributed by atoms with Crippen molar-refractivity contribution in [2.75, 3.05) is 20.8 Å². The lowest BCUT2D eigenvalue weighted by Gasteiger charge is -2.15. The molecule has 2 atom stereocenters. The van der Waals surface area contributed by atoms with Crippen LogP contribution in [-0.2, 0) is 9.47 Å². The molecule has 0 spiro atoms. The van der Waals surface area contributed by atoms with Crippen molar-refractivity contribution < 1.29 is 9.47 Å². The molecule has 0 fully saturated rings. The van der Waals surface area contributed by atoms with Crippen LogP contribution in [0.25, 0.3) is 0 Å². The zero-order valence-corrected chi connectivity index (χ0v) is 10.1. The number of ether oxygens (including phenoxy) is 2. The van der Waals surface area contributed by atoms with Crippen LogP contribution in [0.15, 0.2) is 0 Å². The molecule has 0 N–H and O–H groups in total. The smallest absolute Gasteiger partial charge is 0.0568 e. The van der Waals surface area contributed by atoms with E-state index in [0.29, 0.717) is 12.0 Å². The molecule has 0 rings (SSSR count). The molecule has 13 heavy (non-hydrogen) atoms. The molecule has 0 amide bonds. The monoisotopic (exact) mass is 190 g/mol. The highest BCUT2D eigenvalue weighted by atomic mass is 16.5. The maximum absolute atomic E-state index is 5.10. The highest BCUT2D eigenvalue weighted by Crippen LogP contribution is 2.08. The molecule has 0 radical (unpaired) electrons. The Balaban J connectivity index is 0. The third-order valence-corrected chi connectivity index (χ3v) is 2.23. The molecule has 2 heteroatoms. The maximum atomic E-state index is 5.10. The molecule has 82 valence electrons. The Kier molecular flexibility index (Phi) is 14.1. The lowest BCUT2D eigenvalue weighted by Crippen LogP contribution is -2.14. The summed E-state index contributed by atoms with van der Waals surface area (Å²) in [6.45, 7) is 9.46. The highest BCUT2D eigenvalue weighted by molar-refractivity contribution is 4.56. The second kappa shape index (κ2) is 11.9. The number of hydrogen-bond acceptors (Lipinski definition) is 2. The van der Waals surface area contributed by atoms with Gasteiger partial charge in [-0.1, -0.05) is 27.2 Å². The van der Waals surface area contributed by atoms with Gasteiger partial charge in [0, 0.05) is 20.8 Å². The number of rotatable bonds is 5. The fourth-order valence-electron chi connectivity index (χ4n) is 0.768. The third-order valence-electron chi connectivity index (χ3n) is 2.23. The largest absolute Gasteiger partial charge is 0.385 e. The zero-order valence-electron chi connectivity index (χ0n) is 10.1. The molecule has 0 aliphatic rings. The first-order valence-corrected chi connectivity index (χ1v) is 5.15. The van der Waals surface area contributed by atoms with Crippen LogP contribution in [-0.4, -0.2) is 26.9 Å². The SMILES string of the molecule is CCC(C)C(C)OC.CCCOC. The molecular weight excluding hydrogens is 164 g/mol. The maximum Gasteiger partial charge on any atom is 0.0568 e. The molecule has 0 saturated carbocycles. The lowest BCUT2D eigenvalue weighted by atomic mass is 10.0. The Labute approximate surface area is 83.6 Å². The fraction of sp³-hybridized carbons (Fsp3) is 1.00. The summed E-state index contributed by atoms with van der Waals surface area (Å²) in [7, 11) is 3.47. The summed E-state index contributed by atoms with van der Waals surface area (Å²) in [6, 6.07) is 0. The summed E-state index contributed by atoms with van der Waals surface area (Å²) in [5.41, 5.74) is 0. The van der Waals surface area contributed by atoms with E-state index in [1.165, 1.54) is 6.42 Å². The molecule has 0 aromatic carbocycles. The first kappa shape index (κ1) is 15.4. The second-order valence-corrected chi connectivity index (χ2v) is 3.32. The van der Waals surface area contributed by atoms with E-state index in [-0.39, 0.29) is 0 Å². The average Bonchev–Trinajstić information content (AvgIpc) is 2.17. The minimum Gasteiger partial charge on any atom is -0.385 e. The predicted octanol–water partition coefficient (Wildman–Crippen LogP) is 3.11. The summed E-state index contributed by atoms with van der Waals surface area (Å²) in [5.74, 6) is 0.694. The topological polar surface area (TPSA) is 18.5 Å². The van der Waals surface area contributed by atoms with Gasteiger partial charge in [0.2, 0.25) is 0 Å². The van der Waals surface area contributed by atoms with Gasteiger partial charge in [-0.15, -0.1) is 0 Å². The number of hydrogen-bond donors (Lipinski definition) is 0. The molecule has 0 aromatic heterocycles. The molecule has 0 bridgehead atoms. The van der Waals surface area contributed by atoms with Gasteiger partial charge in [-0.05, 0) is 19.3 Å².